The number of carbonyl (C=O) groups is 1. The van der Waals surface area contributed by atoms with Crippen molar-refractivity contribution in [3.05, 3.63) is 17.2 Å². The molecule has 1 aromatic rings. The first-order valence-corrected chi connectivity index (χ1v) is 5.64. The minimum absolute atomic E-state index is 0.202. The highest BCUT2D eigenvalue weighted by atomic mass is 16.1. The third-order valence-corrected chi connectivity index (χ3v) is 3.19. The monoisotopic (exact) mass is 206 g/mol. The van der Waals surface area contributed by atoms with E-state index in [1.165, 1.54) is 11.5 Å². The maximum absolute atomic E-state index is 10.8. The molecule has 0 aliphatic carbocycles. The molecule has 0 fully saturated rings. The van der Waals surface area contributed by atoms with Crippen molar-refractivity contribution in [2.75, 3.05) is 0 Å². The van der Waals surface area contributed by atoms with Crippen LogP contribution in [0, 0.1) is 12.8 Å². The number of aromatic nitrogens is 2. The van der Waals surface area contributed by atoms with Crippen molar-refractivity contribution in [1.29, 1.82) is 0 Å². The summed E-state index contributed by atoms with van der Waals surface area (Å²) in [6.45, 7) is 7.33. The molecule has 0 radical (unpaired) electrons. The second kappa shape index (κ2) is 3.80. The molecule has 3 nitrogen and oxygen atoms in total. The van der Waals surface area contributed by atoms with Crippen LogP contribution in [-0.2, 0) is 17.8 Å². The summed E-state index contributed by atoms with van der Waals surface area (Å²) in [5.41, 5.74) is 2.37. The summed E-state index contributed by atoms with van der Waals surface area (Å²) < 4.78 is 2.31. The van der Waals surface area contributed by atoms with Gasteiger partial charge in [-0.1, -0.05) is 13.8 Å². The summed E-state index contributed by atoms with van der Waals surface area (Å²) in [4.78, 5) is 15.4. The van der Waals surface area contributed by atoms with Crippen LogP contribution in [0.2, 0.25) is 0 Å². The first kappa shape index (κ1) is 10.4. The van der Waals surface area contributed by atoms with Gasteiger partial charge in [0.15, 0.2) is 0 Å². The zero-order valence-corrected chi connectivity index (χ0v) is 9.66. The summed E-state index contributed by atoms with van der Waals surface area (Å²) in [6, 6.07) is 0. The van der Waals surface area contributed by atoms with Gasteiger partial charge in [-0.2, -0.15) is 0 Å². The Morgan fingerprint density at radius 2 is 2.27 bits per heavy atom. The number of aryl methyl sites for hydroxylation is 1. The fourth-order valence-corrected chi connectivity index (χ4v) is 2.34. The predicted molar refractivity (Wildman–Crippen MR) is 58.9 cm³/mol. The second-order valence-electron chi connectivity index (χ2n) is 4.70. The zero-order chi connectivity index (χ0) is 11.0. The Balaban J connectivity index is 2.39. The molecule has 2 heterocycles. The number of aldehydes is 1. The van der Waals surface area contributed by atoms with E-state index in [2.05, 4.69) is 23.4 Å². The highest BCUT2D eigenvalue weighted by Crippen LogP contribution is 2.26. The van der Waals surface area contributed by atoms with Crippen LogP contribution in [-0.4, -0.2) is 15.8 Å². The molecule has 15 heavy (non-hydrogen) atoms. The molecule has 0 N–H and O–H groups in total. The van der Waals surface area contributed by atoms with Gasteiger partial charge in [-0.3, -0.25) is 0 Å². The molecule has 3 heteroatoms. The van der Waals surface area contributed by atoms with Crippen LogP contribution in [0.1, 0.15) is 43.4 Å². The number of nitrogens with zero attached hydrogens (tertiary/aromatic N) is 2. The quantitative estimate of drug-likeness (QED) is 0.694. The Labute approximate surface area is 90.5 Å². The van der Waals surface area contributed by atoms with Gasteiger partial charge in [0.25, 0.3) is 0 Å². The molecule has 0 bridgehead atoms. The fraction of sp³-hybridized carbons (Fsp3) is 0.667. The van der Waals surface area contributed by atoms with Gasteiger partial charge in [-0.25, -0.2) is 4.98 Å². The lowest BCUT2D eigenvalue weighted by Crippen LogP contribution is -2.21. The molecule has 0 amide bonds. The highest BCUT2D eigenvalue weighted by Gasteiger charge is 2.24. The molecule has 1 aliphatic heterocycles. The fourth-order valence-electron chi connectivity index (χ4n) is 2.34. The minimum atomic E-state index is 0.202. The van der Waals surface area contributed by atoms with E-state index in [0.717, 1.165) is 31.4 Å². The Bertz CT molecular complexity index is 379. The Morgan fingerprint density at radius 1 is 1.53 bits per heavy atom. The van der Waals surface area contributed by atoms with Crippen molar-refractivity contribution in [1.82, 2.24) is 9.55 Å². The van der Waals surface area contributed by atoms with Gasteiger partial charge in [-0.05, 0) is 19.8 Å². The molecule has 1 aliphatic rings. The van der Waals surface area contributed by atoms with Gasteiger partial charge in [0.05, 0.1) is 5.69 Å². The summed E-state index contributed by atoms with van der Waals surface area (Å²) >= 11 is 0. The predicted octanol–water partition coefficient (Wildman–Crippen LogP) is 2.08. The Kier molecular flexibility index (Phi) is 2.63. The lowest BCUT2D eigenvalue weighted by molar-refractivity contribution is -0.111. The topological polar surface area (TPSA) is 34.9 Å². The number of hydrogen-bond acceptors (Lipinski definition) is 2. The van der Waals surface area contributed by atoms with Crippen LogP contribution < -0.4 is 0 Å². The van der Waals surface area contributed by atoms with Crippen LogP contribution in [0.4, 0.5) is 0 Å². The maximum atomic E-state index is 10.8. The summed E-state index contributed by atoms with van der Waals surface area (Å²) in [5.74, 6) is 1.84. The normalized spacial score (nSPS) is 20.4. The Hall–Kier alpha value is -1.12. The van der Waals surface area contributed by atoms with Crippen molar-refractivity contribution >= 4 is 6.29 Å². The largest absolute Gasteiger partial charge is 0.332 e. The molecule has 0 saturated carbocycles. The molecule has 2 rings (SSSR count). The van der Waals surface area contributed by atoms with E-state index in [1.54, 1.807) is 0 Å². The molecule has 1 unspecified atom stereocenters. The molecule has 1 aromatic heterocycles. The smallest absolute Gasteiger partial charge is 0.123 e. The molecule has 0 aromatic carbocycles. The van der Waals surface area contributed by atoms with E-state index in [0.29, 0.717) is 5.92 Å². The number of imidazole rings is 1. The zero-order valence-electron chi connectivity index (χ0n) is 9.66. The highest BCUT2D eigenvalue weighted by molar-refractivity contribution is 5.54. The van der Waals surface area contributed by atoms with E-state index in [-0.39, 0.29) is 5.92 Å². The van der Waals surface area contributed by atoms with Crippen LogP contribution in [0.25, 0.3) is 0 Å². The first-order chi connectivity index (χ1) is 7.13. The maximum Gasteiger partial charge on any atom is 0.123 e. The first-order valence-electron chi connectivity index (χ1n) is 5.64. The number of fused-ring (bicyclic) bond motifs is 1. The lowest BCUT2D eigenvalue weighted by atomic mass is 9.96. The number of rotatable bonds is 2. The van der Waals surface area contributed by atoms with Crippen molar-refractivity contribution in [2.45, 2.75) is 46.1 Å². The summed E-state index contributed by atoms with van der Waals surface area (Å²) in [7, 11) is 0. The van der Waals surface area contributed by atoms with E-state index < -0.39 is 0 Å². The van der Waals surface area contributed by atoms with Gasteiger partial charge in [0.2, 0.25) is 0 Å². The van der Waals surface area contributed by atoms with Crippen LogP contribution in [0.5, 0.6) is 0 Å². The molecule has 1 atom stereocenters. The number of carbonyl (C=O) groups excluding carboxylic acids is 1. The van der Waals surface area contributed by atoms with Crippen LogP contribution in [0.15, 0.2) is 0 Å². The summed E-state index contributed by atoms with van der Waals surface area (Å²) in [5, 5.41) is 0. The average molecular weight is 206 g/mol. The standard InChI is InChI=1S/C12H18N2O/c1-8(2)12-13-9(3)11-6-10(7-15)4-5-14(11)12/h7-8,10H,4-6H2,1-3H3. The van der Waals surface area contributed by atoms with Crippen molar-refractivity contribution < 1.29 is 4.79 Å². The van der Waals surface area contributed by atoms with Gasteiger partial charge in [0.1, 0.15) is 12.1 Å². The Morgan fingerprint density at radius 3 is 2.87 bits per heavy atom. The molecule has 82 valence electrons. The van der Waals surface area contributed by atoms with Gasteiger partial charge in [-0.15, -0.1) is 0 Å². The van der Waals surface area contributed by atoms with E-state index >= 15 is 0 Å². The van der Waals surface area contributed by atoms with E-state index in [4.69, 9.17) is 0 Å². The van der Waals surface area contributed by atoms with Gasteiger partial charge in [0, 0.05) is 24.1 Å². The van der Waals surface area contributed by atoms with Crippen molar-refractivity contribution in [3.8, 4) is 0 Å². The second-order valence-corrected chi connectivity index (χ2v) is 4.70. The lowest BCUT2D eigenvalue weighted by Gasteiger charge is -2.22. The SMILES string of the molecule is Cc1nc(C(C)C)n2c1CC(C=O)CC2. The molecule has 0 saturated heterocycles. The van der Waals surface area contributed by atoms with Crippen molar-refractivity contribution in [2.24, 2.45) is 5.92 Å². The minimum Gasteiger partial charge on any atom is -0.332 e. The third kappa shape index (κ3) is 1.71. The number of hydrogen-bond donors (Lipinski definition) is 0. The van der Waals surface area contributed by atoms with Gasteiger partial charge >= 0.3 is 0 Å². The van der Waals surface area contributed by atoms with Crippen LogP contribution >= 0.6 is 0 Å². The summed E-state index contributed by atoms with van der Waals surface area (Å²) in [6.07, 6.45) is 2.92. The van der Waals surface area contributed by atoms with E-state index in [1.807, 2.05) is 6.92 Å². The molecular weight excluding hydrogens is 188 g/mol. The van der Waals surface area contributed by atoms with Crippen LogP contribution in [0.3, 0.4) is 0 Å². The average Bonchev–Trinajstić information content (AvgIpc) is 2.56. The van der Waals surface area contributed by atoms with Crippen molar-refractivity contribution in [3.63, 3.8) is 0 Å². The van der Waals surface area contributed by atoms with Gasteiger partial charge < -0.3 is 9.36 Å². The molecule has 0 spiro atoms. The third-order valence-electron chi connectivity index (χ3n) is 3.19. The van der Waals surface area contributed by atoms with E-state index in [9.17, 15) is 4.79 Å². The molecular formula is C12H18N2O.